The van der Waals surface area contributed by atoms with E-state index in [2.05, 4.69) is 0 Å². The SMILES string of the molecule is CC/C=C/C(=O)c1cccc2ccccc12. The molecule has 0 heterocycles. The van der Waals surface area contributed by atoms with Gasteiger partial charge in [0, 0.05) is 5.56 Å². The number of hydrogen-bond acceptors (Lipinski definition) is 1. The fraction of sp³-hybridized carbons (Fsp3) is 0.133. The summed E-state index contributed by atoms with van der Waals surface area (Å²) in [4.78, 5) is 11.9. The van der Waals surface area contributed by atoms with Gasteiger partial charge < -0.3 is 0 Å². The Hall–Kier alpha value is -1.89. The van der Waals surface area contributed by atoms with Crippen molar-refractivity contribution in [2.75, 3.05) is 0 Å². The minimum atomic E-state index is 0.0821. The van der Waals surface area contributed by atoms with Crippen molar-refractivity contribution in [2.24, 2.45) is 0 Å². The van der Waals surface area contributed by atoms with E-state index in [9.17, 15) is 4.79 Å². The normalized spacial score (nSPS) is 11.1. The van der Waals surface area contributed by atoms with Crippen molar-refractivity contribution in [3.8, 4) is 0 Å². The summed E-state index contributed by atoms with van der Waals surface area (Å²) < 4.78 is 0. The molecule has 16 heavy (non-hydrogen) atoms. The number of carbonyl (C=O) groups is 1. The van der Waals surface area contributed by atoms with Crippen LogP contribution in [0.4, 0.5) is 0 Å². The minimum Gasteiger partial charge on any atom is -0.289 e. The standard InChI is InChI=1S/C15H14O/c1-2-3-11-15(16)14-10-6-8-12-7-4-5-9-13(12)14/h3-11H,2H2,1H3/b11-3+. The highest BCUT2D eigenvalue weighted by molar-refractivity contribution is 6.13. The molecule has 0 saturated carbocycles. The van der Waals surface area contributed by atoms with Gasteiger partial charge in [-0.05, 0) is 23.3 Å². The van der Waals surface area contributed by atoms with Gasteiger partial charge in [0.1, 0.15) is 0 Å². The van der Waals surface area contributed by atoms with Crippen LogP contribution >= 0.6 is 0 Å². The van der Waals surface area contributed by atoms with Crippen molar-refractivity contribution < 1.29 is 4.79 Å². The Morgan fingerprint density at radius 1 is 1.12 bits per heavy atom. The summed E-state index contributed by atoms with van der Waals surface area (Å²) in [5, 5.41) is 2.13. The van der Waals surface area contributed by atoms with Crippen LogP contribution < -0.4 is 0 Å². The molecule has 0 unspecified atom stereocenters. The highest BCUT2D eigenvalue weighted by atomic mass is 16.1. The van der Waals surface area contributed by atoms with Gasteiger partial charge in [-0.2, -0.15) is 0 Å². The number of hydrogen-bond donors (Lipinski definition) is 0. The molecule has 0 amide bonds. The van der Waals surface area contributed by atoms with Gasteiger partial charge in [0.2, 0.25) is 0 Å². The van der Waals surface area contributed by atoms with E-state index in [0.29, 0.717) is 0 Å². The predicted molar refractivity (Wildman–Crippen MR) is 67.7 cm³/mol. The Bertz CT molecular complexity index is 533. The van der Waals surface area contributed by atoms with E-state index in [4.69, 9.17) is 0 Å². The second-order valence-electron chi connectivity index (χ2n) is 3.70. The van der Waals surface area contributed by atoms with Crippen molar-refractivity contribution >= 4 is 16.6 Å². The molecule has 0 aliphatic rings. The molecule has 2 rings (SSSR count). The zero-order valence-electron chi connectivity index (χ0n) is 9.31. The molecule has 0 aliphatic heterocycles. The second-order valence-corrected chi connectivity index (χ2v) is 3.70. The minimum absolute atomic E-state index is 0.0821. The third kappa shape index (κ3) is 2.03. The molecule has 0 radical (unpaired) electrons. The zero-order valence-corrected chi connectivity index (χ0v) is 9.31. The van der Waals surface area contributed by atoms with E-state index in [-0.39, 0.29) is 5.78 Å². The van der Waals surface area contributed by atoms with Gasteiger partial charge in [-0.15, -0.1) is 0 Å². The lowest BCUT2D eigenvalue weighted by molar-refractivity contribution is 0.104. The molecule has 0 bridgehead atoms. The summed E-state index contributed by atoms with van der Waals surface area (Å²) in [6.45, 7) is 2.02. The van der Waals surface area contributed by atoms with Crippen molar-refractivity contribution in [3.05, 3.63) is 60.2 Å². The molecule has 1 heteroatoms. The average molecular weight is 210 g/mol. The predicted octanol–water partition coefficient (Wildman–Crippen LogP) is 3.99. The number of fused-ring (bicyclic) bond motifs is 1. The molecule has 0 spiro atoms. The Morgan fingerprint density at radius 2 is 1.88 bits per heavy atom. The topological polar surface area (TPSA) is 17.1 Å². The van der Waals surface area contributed by atoms with E-state index >= 15 is 0 Å². The van der Waals surface area contributed by atoms with Gasteiger partial charge in [-0.3, -0.25) is 4.79 Å². The van der Waals surface area contributed by atoms with Crippen LogP contribution in [-0.2, 0) is 0 Å². The fourth-order valence-electron chi connectivity index (χ4n) is 1.75. The monoisotopic (exact) mass is 210 g/mol. The van der Waals surface area contributed by atoms with Crippen LogP contribution in [0.5, 0.6) is 0 Å². The first-order chi connectivity index (χ1) is 7.83. The summed E-state index contributed by atoms with van der Waals surface area (Å²) in [6.07, 6.45) is 4.43. The van der Waals surface area contributed by atoms with Gasteiger partial charge in [0.15, 0.2) is 5.78 Å². The summed E-state index contributed by atoms with van der Waals surface area (Å²) >= 11 is 0. The maximum Gasteiger partial charge on any atom is 0.186 e. The Balaban J connectivity index is 2.52. The van der Waals surface area contributed by atoms with Gasteiger partial charge in [0.05, 0.1) is 0 Å². The van der Waals surface area contributed by atoms with Gasteiger partial charge in [-0.25, -0.2) is 0 Å². The van der Waals surface area contributed by atoms with Crippen LogP contribution in [0.15, 0.2) is 54.6 Å². The number of carbonyl (C=O) groups excluding carboxylic acids is 1. The maximum atomic E-state index is 11.9. The van der Waals surface area contributed by atoms with Gasteiger partial charge in [0.25, 0.3) is 0 Å². The van der Waals surface area contributed by atoms with Crippen LogP contribution in [-0.4, -0.2) is 5.78 Å². The lowest BCUT2D eigenvalue weighted by atomic mass is 10.0. The third-order valence-corrected chi connectivity index (χ3v) is 2.56. The number of rotatable bonds is 3. The highest BCUT2D eigenvalue weighted by Gasteiger charge is 2.05. The van der Waals surface area contributed by atoms with Crippen LogP contribution in [0.25, 0.3) is 10.8 Å². The van der Waals surface area contributed by atoms with E-state index in [0.717, 1.165) is 22.8 Å². The van der Waals surface area contributed by atoms with Crippen LogP contribution in [0.3, 0.4) is 0 Å². The first-order valence-electron chi connectivity index (χ1n) is 5.51. The van der Waals surface area contributed by atoms with Crippen molar-refractivity contribution in [2.45, 2.75) is 13.3 Å². The highest BCUT2D eigenvalue weighted by Crippen LogP contribution is 2.19. The van der Waals surface area contributed by atoms with Crippen LogP contribution in [0.2, 0.25) is 0 Å². The summed E-state index contributed by atoms with van der Waals surface area (Å²) in [5.74, 6) is 0.0821. The smallest absolute Gasteiger partial charge is 0.186 e. The van der Waals surface area contributed by atoms with Gasteiger partial charge >= 0.3 is 0 Å². The second kappa shape index (κ2) is 4.75. The summed E-state index contributed by atoms with van der Waals surface area (Å²) in [5.41, 5.74) is 0.780. The lowest BCUT2D eigenvalue weighted by Gasteiger charge is -2.02. The fourth-order valence-corrected chi connectivity index (χ4v) is 1.75. The third-order valence-electron chi connectivity index (χ3n) is 2.56. The summed E-state index contributed by atoms with van der Waals surface area (Å²) in [6, 6.07) is 13.8. The summed E-state index contributed by atoms with van der Waals surface area (Å²) in [7, 11) is 0. The molecular formula is C15H14O. The van der Waals surface area contributed by atoms with Crippen LogP contribution in [0.1, 0.15) is 23.7 Å². The Kier molecular flexibility index (Phi) is 3.16. The molecule has 0 saturated heterocycles. The first-order valence-corrected chi connectivity index (χ1v) is 5.51. The molecular weight excluding hydrogens is 196 g/mol. The molecule has 0 aliphatic carbocycles. The van der Waals surface area contributed by atoms with E-state index < -0.39 is 0 Å². The van der Waals surface area contributed by atoms with Crippen LogP contribution in [0, 0.1) is 0 Å². The van der Waals surface area contributed by atoms with Gasteiger partial charge in [-0.1, -0.05) is 55.5 Å². The lowest BCUT2D eigenvalue weighted by Crippen LogP contribution is -1.95. The van der Waals surface area contributed by atoms with Crippen molar-refractivity contribution in [1.29, 1.82) is 0 Å². The number of ketones is 1. The molecule has 0 aromatic heterocycles. The van der Waals surface area contributed by atoms with Crippen molar-refractivity contribution in [1.82, 2.24) is 0 Å². The molecule has 0 atom stereocenters. The zero-order chi connectivity index (χ0) is 11.4. The quantitative estimate of drug-likeness (QED) is 0.553. The van der Waals surface area contributed by atoms with Crippen molar-refractivity contribution in [3.63, 3.8) is 0 Å². The molecule has 80 valence electrons. The molecule has 2 aromatic carbocycles. The number of allylic oxidation sites excluding steroid dienone is 2. The molecule has 2 aromatic rings. The first kappa shape index (κ1) is 10.6. The molecule has 1 nitrogen and oxygen atoms in total. The largest absolute Gasteiger partial charge is 0.289 e. The van der Waals surface area contributed by atoms with E-state index in [1.807, 2.05) is 55.5 Å². The average Bonchev–Trinajstić information content (AvgIpc) is 2.35. The van der Waals surface area contributed by atoms with E-state index in [1.165, 1.54) is 0 Å². The molecule has 0 fully saturated rings. The Morgan fingerprint density at radius 3 is 2.69 bits per heavy atom. The number of benzene rings is 2. The molecule has 0 N–H and O–H groups in total. The Labute approximate surface area is 95.4 Å². The van der Waals surface area contributed by atoms with E-state index in [1.54, 1.807) is 6.08 Å². The maximum absolute atomic E-state index is 11.9.